The van der Waals surface area contributed by atoms with Gasteiger partial charge in [0.2, 0.25) is 0 Å². The summed E-state index contributed by atoms with van der Waals surface area (Å²) in [4.78, 5) is 62.0. The fourth-order valence-electron chi connectivity index (χ4n) is 10.6. The van der Waals surface area contributed by atoms with Gasteiger partial charge in [0.25, 0.3) is 11.8 Å². The molecule has 2 N–H and O–H groups in total. The number of urea groups is 2. The van der Waals surface area contributed by atoms with Crippen LogP contribution >= 0.6 is 0 Å². The number of carbonyl (C=O) groups is 4. The Kier molecular flexibility index (Phi) is 16.9. The predicted octanol–water partition coefficient (Wildman–Crippen LogP) is 10.5. The van der Waals surface area contributed by atoms with Gasteiger partial charge >= 0.3 is 12.1 Å². The first-order valence-electron chi connectivity index (χ1n) is 25.4. The molecule has 0 radical (unpaired) electrons. The van der Waals surface area contributed by atoms with Crippen LogP contribution in [-0.4, -0.2) is 92.1 Å². The Balaban J connectivity index is 0.000000178. The molecule has 4 aliphatic heterocycles. The number of hydrogen-bond acceptors (Lipinski definition) is 11. The molecule has 2 aromatic heterocycles. The number of piperidine rings is 2. The number of amides is 6. The summed E-state index contributed by atoms with van der Waals surface area (Å²) in [5.74, 6) is 0.232. The van der Waals surface area contributed by atoms with Crippen molar-refractivity contribution >= 4 is 35.3 Å². The first-order chi connectivity index (χ1) is 36.0. The topological polar surface area (TPSA) is 161 Å². The molecular formula is C58H66F2N6O9. The molecule has 4 atom stereocenters. The summed E-state index contributed by atoms with van der Waals surface area (Å²) in [5.41, 5.74) is 2.53. The standard InChI is InChI=1S/C29H32FN3O4.C24H28FN3O3.C5H6O2/c1-20(2)37-26-9-4-6-22(14-26)17-31-12-11-29(16-21(31)3)27(34)32(18-23-10-13-36-19-23)28(35)33(29)25-8-5-7-24(30)15-25;1-16(2)31-21-9-4-6-18(12-21)15-27-11-10-24(14-17(27)3)22(29)26-23(30)28(24)20-8-5-7-19(25)13-20;6-3-5-1-2-7-4-5/h4-10,13-15,19-21H,11-12,16-18H2,1-3H3;4-9,12-13,16-17H,10-11,14-15H2,1-3H3,(H,26,29,30);1-2,4,6H,3H2/t21-,29+;17-,24+;/m00./s1. The molecule has 4 fully saturated rings. The molecule has 15 nitrogen and oxygen atoms in total. The molecular weight excluding hydrogens is 963 g/mol. The molecule has 0 unspecified atom stereocenters. The fraction of sp³-hybridized carbons (Fsp3) is 0.379. The molecule has 6 aromatic rings. The third-order valence-corrected chi connectivity index (χ3v) is 14.0. The molecule has 4 aromatic carbocycles. The van der Waals surface area contributed by atoms with E-state index in [9.17, 15) is 28.0 Å². The van der Waals surface area contributed by atoms with Gasteiger partial charge in [0, 0.05) is 60.8 Å². The first kappa shape index (κ1) is 53.9. The Morgan fingerprint density at radius 3 is 1.59 bits per heavy atom. The van der Waals surface area contributed by atoms with Crippen molar-refractivity contribution in [2.45, 2.75) is 129 Å². The van der Waals surface area contributed by atoms with Gasteiger partial charge in [-0.15, -0.1) is 0 Å². The van der Waals surface area contributed by atoms with E-state index in [2.05, 4.69) is 45.5 Å². The Hall–Kier alpha value is -7.34. The van der Waals surface area contributed by atoms with Crippen LogP contribution in [0.4, 0.5) is 29.7 Å². The molecule has 75 heavy (non-hydrogen) atoms. The Labute approximate surface area is 436 Å². The van der Waals surface area contributed by atoms with Crippen LogP contribution in [-0.2, 0) is 35.8 Å². The van der Waals surface area contributed by atoms with Crippen molar-refractivity contribution < 1.29 is 51.4 Å². The minimum atomic E-state index is -1.08. The van der Waals surface area contributed by atoms with E-state index in [4.69, 9.17) is 19.0 Å². The number of nitrogens with zero attached hydrogens (tertiary/aromatic N) is 5. The lowest BCUT2D eigenvalue weighted by molar-refractivity contribution is -0.133. The van der Waals surface area contributed by atoms with Gasteiger partial charge in [-0.3, -0.25) is 39.4 Å². The number of halogens is 2. The van der Waals surface area contributed by atoms with Crippen LogP contribution in [0, 0.1) is 11.6 Å². The summed E-state index contributed by atoms with van der Waals surface area (Å²) in [7, 11) is 0. The van der Waals surface area contributed by atoms with Crippen LogP contribution in [0.3, 0.4) is 0 Å². The van der Waals surface area contributed by atoms with Crippen molar-refractivity contribution in [2.24, 2.45) is 0 Å². The number of rotatable bonds is 13. The zero-order chi connectivity index (χ0) is 53.4. The molecule has 4 aliphatic rings. The first-order valence-corrected chi connectivity index (χ1v) is 25.4. The number of furan rings is 2. The zero-order valence-electron chi connectivity index (χ0n) is 43.3. The van der Waals surface area contributed by atoms with Gasteiger partial charge in [0.15, 0.2) is 0 Å². The van der Waals surface area contributed by atoms with Gasteiger partial charge in [0.05, 0.1) is 50.4 Å². The van der Waals surface area contributed by atoms with Crippen LogP contribution in [0.1, 0.15) is 89.5 Å². The van der Waals surface area contributed by atoms with Crippen LogP contribution in [0.25, 0.3) is 0 Å². The molecule has 0 bridgehead atoms. The highest BCUT2D eigenvalue weighted by Crippen LogP contribution is 2.44. The number of benzene rings is 4. The van der Waals surface area contributed by atoms with Gasteiger partial charge in [-0.2, -0.15) is 0 Å². The monoisotopic (exact) mass is 1030 g/mol. The van der Waals surface area contributed by atoms with E-state index in [0.717, 1.165) is 40.3 Å². The van der Waals surface area contributed by atoms with E-state index < -0.39 is 34.8 Å². The van der Waals surface area contributed by atoms with E-state index in [0.29, 0.717) is 56.7 Å². The number of carbonyl (C=O) groups excluding carboxylic acids is 4. The highest BCUT2D eigenvalue weighted by Gasteiger charge is 2.60. The van der Waals surface area contributed by atoms with Crippen molar-refractivity contribution in [3.05, 3.63) is 168 Å². The molecule has 396 valence electrons. The van der Waals surface area contributed by atoms with E-state index in [1.54, 1.807) is 36.4 Å². The lowest BCUT2D eigenvalue weighted by Gasteiger charge is -2.45. The largest absolute Gasteiger partial charge is 0.491 e. The minimum Gasteiger partial charge on any atom is -0.491 e. The lowest BCUT2D eigenvalue weighted by atomic mass is 9.81. The molecule has 0 saturated carbocycles. The number of nitrogens with one attached hydrogen (secondary N) is 1. The Morgan fingerprint density at radius 2 is 1.12 bits per heavy atom. The second-order valence-electron chi connectivity index (χ2n) is 20.2. The summed E-state index contributed by atoms with van der Waals surface area (Å²) < 4.78 is 49.5. The van der Waals surface area contributed by atoms with Crippen LogP contribution in [0.5, 0.6) is 11.5 Å². The summed E-state index contributed by atoms with van der Waals surface area (Å²) in [5, 5.41) is 10.8. The lowest BCUT2D eigenvalue weighted by Crippen LogP contribution is -2.59. The van der Waals surface area contributed by atoms with E-state index in [-0.39, 0.29) is 49.3 Å². The van der Waals surface area contributed by atoms with Gasteiger partial charge in [0.1, 0.15) is 34.2 Å². The fourth-order valence-corrected chi connectivity index (χ4v) is 10.6. The second-order valence-corrected chi connectivity index (χ2v) is 20.2. The average molecular weight is 1030 g/mol. The van der Waals surface area contributed by atoms with Gasteiger partial charge in [-0.1, -0.05) is 36.4 Å². The summed E-state index contributed by atoms with van der Waals surface area (Å²) >= 11 is 0. The summed E-state index contributed by atoms with van der Waals surface area (Å²) in [6.07, 6.45) is 8.14. The minimum absolute atomic E-state index is 0.00473. The normalized spacial score (nSPS) is 21.9. The maximum atomic E-state index is 14.2. The number of hydrogen-bond donors (Lipinski definition) is 2. The number of imide groups is 2. The molecule has 10 rings (SSSR count). The summed E-state index contributed by atoms with van der Waals surface area (Å²) in [6.45, 7) is 15.0. The average Bonchev–Trinajstić information content (AvgIpc) is 4.17. The van der Waals surface area contributed by atoms with Gasteiger partial charge in [-0.25, -0.2) is 18.4 Å². The van der Waals surface area contributed by atoms with Crippen LogP contribution in [0.2, 0.25) is 0 Å². The Bertz CT molecular complexity index is 2920. The van der Waals surface area contributed by atoms with E-state index >= 15 is 0 Å². The maximum absolute atomic E-state index is 14.2. The van der Waals surface area contributed by atoms with Crippen molar-refractivity contribution in [2.75, 3.05) is 22.9 Å². The van der Waals surface area contributed by atoms with Gasteiger partial charge in [-0.05, 0) is 151 Å². The van der Waals surface area contributed by atoms with E-state index in [1.807, 2.05) is 64.1 Å². The van der Waals surface area contributed by atoms with Gasteiger partial charge < -0.3 is 23.4 Å². The third kappa shape index (κ3) is 12.3. The van der Waals surface area contributed by atoms with Crippen molar-refractivity contribution in [1.29, 1.82) is 0 Å². The SMILES string of the molecule is CC(C)Oc1cccc(CN2CC[C@@]3(C[C@@H]2C)C(=O)N(Cc2ccoc2)C(=O)N3c2cccc(F)c2)c1.CC(C)Oc1cccc(CN2CC[C@@]3(C[C@@H]2C)C(=O)NC(=O)N3c2cccc(F)c2)c1.OCc1ccoc1. The highest BCUT2D eigenvalue weighted by atomic mass is 19.1. The number of aliphatic hydroxyl groups excluding tert-OH is 1. The number of likely N-dealkylation sites (tertiary alicyclic amines) is 2. The number of ether oxygens (including phenoxy) is 2. The Morgan fingerprint density at radius 1 is 0.627 bits per heavy atom. The van der Waals surface area contributed by atoms with Crippen molar-refractivity contribution in [1.82, 2.24) is 20.0 Å². The van der Waals surface area contributed by atoms with Crippen molar-refractivity contribution in [3.63, 3.8) is 0 Å². The smallest absolute Gasteiger partial charge is 0.332 e. The third-order valence-electron chi connectivity index (χ3n) is 14.0. The molecule has 4 saturated heterocycles. The van der Waals surface area contributed by atoms with Crippen LogP contribution < -0.4 is 24.6 Å². The maximum Gasteiger partial charge on any atom is 0.332 e. The molecule has 2 spiro atoms. The predicted molar refractivity (Wildman–Crippen MR) is 279 cm³/mol. The molecule has 6 heterocycles. The molecule has 6 amide bonds. The highest BCUT2D eigenvalue weighted by molar-refractivity contribution is 6.17. The second kappa shape index (κ2) is 23.5. The van der Waals surface area contributed by atoms with Crippen LogP contribution in [0.15, 0.2) is 143 Å². The number of aliphatic hydroxyl groups is 1. The quantitative estimate of drug-likeness (QED) is 0.106. The number of anilines is 2. The molecule has 17 heteroatoms. The van der Waals surface area contributed by atoms with E-state index in [1.165, 1.54) is 64.0 Å². The molecule has 0 aliphatic carbocycles. The van der Waals surface area contributed by atoms with Crippen molar-refractivity contribution in [3.8, 4) is 11.5 Å². The zero-order valence-corrected chi connectivity index (χ0v) is 43.3. The summed E-state index contributed by atoms with van der Waals surface area (Å²) in [6, 6.07) is 30.5.